The van der Waals surface area contributed by atoms with E-state index < -0.39 is 11.8 Å². The van der Waals surface area contributed by atoms with Crippen LogP contribution in [-0.4, -0.2) is 12.8 Å². The second-order valence-electron chi connectivity index (χ2n) is 4.97. The summed E-state index contributed by atoms with van der Waals surface area (Å²) >= 11 is 5.85. The number of hydrogen-bond donors (Lipinski definition) is 1. The third-order valence-corrected chi connectivity index (χ3v) is 3.58. The molecule has 0 atom stereocenters. The molecule has 120 valence electrons. The molecule has 0 radical (unpaired) electrons. The summed E-state index contributed by atoms with van der Waals surface area (Å²) in [6.45, 7) is 0.168. The quantitative estimate of drug-likeness (QED) is 0.687. The molecule has 7 heteroatoms. The van der Waals surface area contributed by atoms with Gasteiger partial charge in [-0.05, 0) is 30.3 Å². The number of ether oxygens (including phenoxy) is 3. The number of carbonyl (C=O) groups is 1. The van der Waals surface area contributed by atoms with E-state index in [0.29, 0.717) is 21.9 Å². The molecule has 2 N–H and O–H groups in total. The minimum atomic E-state index is -0.643. The molecule has 1 heterocycles. The zero-order chi connectivity index (χ0) is 16.4. The molecule has 0 fully saturated rings. The average Bonchev–Trinajstić information content (AvgIpc) is 2.54. The molecular weight excluding hydrogens is 325 g/mol. The van der Waals surface area contributed by atoms with E-state index in [9.17, 15) is 9.18 Å². The van der Waals surface area contributed by atoms with E-state index in [2.05, 4.69) is 0 Å². The molecular formula is C16H13ClFNO4. The van der Waals surface area contributed by atoms with Crippen molar-refractivity contribution in [3.05, 3.63) is 57.9 Å². The molecule has 0 unspecified atom stereocenters. The van der Waals surface area contributed by atoms with Crippen LogP contribution in [0.25, 0.3) is 0 Å². The fourth-order valence-corrected chi connectivity index (χ4v) is 2.46. The van der Waals surface area contributed by atoms with E-state index in [4.69, 9.17) is 31.5 Å². The molecule has 1 aliphatic heterocycles. The molecule has 2 aromatic rings. The van der Waals surface area contributed by atoms with Crippen LogP contribution in [0.1, 0.15) is 21.5 Å². The summed E-state index contributed by atoms with van der Waals surface area (Å²) in [5.41, 5.74) is 7.15. The highest BCUT2D eigenvalue weighted by Gasteiger charge is 2.19. The summed E-state index contributed by atoms with van der Waals surface area (Å²) in [6, 6.07) is 7.10. The Kier molecular flexibility index (Phi) is 4.36. The van der Waals surface area contributed by atoms with Gasteiger partial charge in [0, 0.05) is 21.8 Å². The largest absolute Gasteiger partial charge is 0.467 e. The molecule has 0 aliphatic carbocycles. The SMILES string of the molecule is Nc1ccc(Cl)cc1C(=O)OCc1cc(F)cc2c1OCOC2. The lowest BCUT2D eigenvalue weighted by Gasteiger charge is -2.20. The molecule has 0 saturated heterocycles. The van der Waals surface area contributed by atoms with Crippen LogP contribution in [0.4, 0.5) is 10.1 Å². The van der Waals surface area contributed by atoms with Gasteiger partial charge in [-0.2, -0.15) is 0 Å². The third kappa shape index (κ3) is 3.38. The third-order valence-electron chi connectivity index (χ3n) is 3.35. The Morgan fingerprint density at radius 1 is 1.35 bits per heavy atom. The lowest BCUT2D eigenvalue weighted by Crippen LogP contribution is -2.15. The lowest BCUT2D eigenvalue weighted by molar-refractivity contribution is -0.0182. The van der Waals surface area contributed by atoms with Crippen molar-refractivity contribution >= 4 is 23.3 Å². The van der Waals surface area contributed by atoms with E-state index in [-0.39, 0.29) is 31.3 Å². The predicted octanol–water partition coefficient (Wildman–Crippen LogP) is 3.28. The molecule has 0 aromatic heterocycles. The summed E-state index contributed by atoms with van der Waals surface area (Å²) in [4.78, 5) is 12.1. The van der Waals surface area contributed by atoms with Gasteiger partial charge in [-0.25, -0.2) is 9.18 Å². The number of nitrogens with two attached hydrogens (primary N) is 1. The van der Waals surface area contributed by atoms with Crippen molar-refractivity contribution in [2.24, 2.45) is 0 Å². The molecule has 0 saturated carbocycles. The van der Waals surface area contributed by atoms with E-state index in [0.717, 1.165) is 0 Å². The smallest absolute Gasteiger partial charge is 0.340 e. The van der Waals surface area contributed by atoms with Crippen LogP contribution < -0.4 is 10.5 Å². The zero-order valence-electron chi connectivity index (χ0n) is 12.0. The summed E-state index contributed by atoms with van der Waals surface area (Å²) < 4.78 is 29.3. The highest BCUT2D eigenvalue weighted by Crippen LogP contribution is 2.30. The minimum Gasteiger partial charge on any atom is -0.467 e. The van der Waals surface area contributed by atoms with Gasteiger partial charge in [0.1, 0.15) is 18.2 Å². The number of nitrogen functional groups attached to an aromatic ring is 1. The van der Waals surface area contributed by atoms with Crippen molar-refractivity contribution in [3.63, 3.8) is 0 Å². The Labute approximate surface area is 136 Å². The van der Waals surface area contributed by atoms with Gasteiger partial charge in [0.05, 0.1) is 12.2 Å². The van der Waals surface area contributed by atoms with Gasteiger partial charge in [0.25, 0.3) is 0 Å². The van der Waals surface area contributed by atoms with Crippen molar-refractivity contribution in [3.8, 4) is 5.75 Å². The molecule has 0 spiro atoms. The van der Waals surface area contributed by atoms with Crippen LogP contribution >= 0.6 is 11.6 Å². The van der Waals surface area contributed by atoms with Crippen LogP contribution in [0.2, 0.25) is 5.02 Å². The van der Waals surface area contributed by atoms with Crippen molar-refractivity contribution in [1.82, 2.24) is 0 Å². The highest BCUT2D eigenvalue weighted by atomic mass is 35.5. The number of rotatable bonds is 3. The average molecular weight is 338 g/mol. The van der Waals surface area contributed by atoms with Crippen LogP contribution in [0.15, 0.2) is 30.3 Å². The number of carbonyl (C=O) groups excluding carboxylic acids is 1. The molecule has 5 nitrogen and oxygen atoms in total. The Morgan fingerprint density at radius 2 is 2.17 bits per heavy atom. The first kappa shape index (κ1) is 15.6. The molecule has 2 aromatic carbocycles. The maximum atomic E-state index is 13.6. The van der Waals surface area contributed by atoms with E-state index >= 15 is 0 Å². The van der Waals surface area contributed by atoms with Crippen LogP contribution in [0.3, 0.4) is 0 Å². The fourth-order valence-electron chi connectivity index (χ4n) is 2.29. The Hall–Kier alpha value is -2.31. The number of anilines is 1. The first-order valence-electron chi connectivity index (χ1n) is 6.78. The first-order valence-corrected chi connectivity index (χ1v) is 7.16. The van der Waals surface area contributed by atoms with Crippen molar-refractivity contribution in [2.45, 2.75) is 13.2 Å². The van der Waals surface area contributed by atoms with Crippen molar-refractivity contribution in [2.75, 3.05) is 12.5 Å². The minimum absolute atomic E-state index is 0.0703. The van der Waals surface area contributed by atoms with Gasteiger partial charge in [-0.3, -0.25) is 0 Å². The van der Waals surface area contributed by atoms with Gasteiger partial charge >= 0.3 is 5.97 Å². The maximum absolute atomic E-state index is 13.6. The maximum Gasteiger partial charge on any atom is 0.340 e. The van der Waals surface area contributed by atoms with E-state index in [1.807, 2.05) is 0 Å². The van der Waals surface area contributed by atoms with Crippen molar-refractivity contribution in [1.29, 1.82) is 0 Å². The molecule has 1 aliphatic rings. The number of esters is 1. The highest BCUT2D eigenvalue weighted by molar-refractivity contribution is 6.31. The molecule has 0 bridgehead atoms. The topological polar surface area (TPSA) is 70.8 Å². The first-order chi connectivity index (χ1) is 11.0. The van der Waals surface area contributed by atoms with Crippen LogP contribution in [0, 0.1) is 5.82 Å². The number of benzene rings is 2. The normalized spacial score (nSPS) is 13.1. The van der Waals surface area contributed by atoms with Crippen molar-refractivity contribution < 1.29 is 23.4 Å². The van der Waals surface area contributed by atoms with E-state index in [1.165, 1.54) is 24.3 Å². The number of fused-ring (bicyclic) bond motifs is 1. The van der Waals surface area contributed by atoms with E-state index in [1.54, 1.807) is 6.07 Å². The Balaban J connectivity index is 1.79. The summed E-state index contributed by atoms with van der Waals surface area (Å²) in [5, 5.41) is 0.370. The second kappa shape index (κ2) is 6.44. The van der Waals surface area contributed by atoms with Gasteiger partial charge in [0.15, 0.2) is 6.79 Å². The Bertz CT molecular complexity index is 766. The summed E-state index contributed by atoms with van der Waals surface area (Å²) in [6.07, 6.45) is 0. The molecule has 0 amide bonds. The number of halogens is 2. The van der Waals surface area contributed by atoms with Gasteiger partial charge in [0.2, 0.25) is 0 Å². The van der Waals surface area contributed by atoms with Crippen LogP contribution in [0.5, 0.6) is 5.75 Å². The number of hydrogen-bond acceptors (Lipinski definition) is 5. The molecule has 23 heavy (non-hydrogen) atoms. The van der Waals surface area contributed by atoms with Gasteiger partial charge in [-0.1, -0.05) is 11.6 Å². The summed E-state index contributed by atoms with van der Waals surface area (Å²) in [5.74, 6) is -0.620. The monoisotopic (exact) mass is 337 g/mol. The van der Waals surface area contributed by atoms with Gasteiger partial charge in [-0.15, -0.1) is 0 Å². The fraction of sp³-hybridized carbons (Fsp3) is 0.188. The lowest BCUT2D eigenvalue weighted by atomic mass is 10.1. The van der Waals surface area contributed by atoms with Gasteiger partial charge < -0.3 is 19.9 Å². The standard InChI is InChI=1S/C16H13ClFNO4/c17-11-1-2-14(19)13(5-11)16(20)22-7-10-4-12(18)3-9-6-21-8-23-15(9)10/h1-5H,6-8,19H2. The molecule has 3 rings (SSSR count). The van der Waals surface area contributed by atoms with Crippen LogP contribution in [-0.2, 0) is 22.7 Å². The zero-order valence-corrected chi connectivity index (χ0v) is 12.7. The predicted molar refractivity (Wildman–Crippen MR) is 81.7 cm³/mol. The Morgan fingerprint density at radius 3 is 3.00 bits per heavy atom. The summed E-state index contributed by atoms with van der Waals surface area (Å²) in [7, 11) is 0. The second-order valence-corrected chi connectivity index (χ2v) is 5.41.